The van der Waals surface area contributed by atoms with Gasteiger partial charge < -0.3 is 0 Å². The number of rotatable bonds is 1. The highest BCUT2D eigenvalue weighted by Crippen LogP contribution is 2.34. The van der Waals surface area contributed by atoms with Crippen LogP contribution in [0.25, 0.3) is 10.1 Å². The zero-order valence-corrected chi connectivity index (χ0v) is 11.1. The first-order chi connectivity index (χ1) is 9.30. The molecule has 0 spiro atoms. The summed E-state index contributed by atoms with van der Waals surface area (Å²) in [4.78, 5) is 22.3. The minimum absolute atomic E-state index is 0.0235. The van der Waals surface area contributed by atoms with Gasteiger partial charge in [-0.3, -0.25) is 20.4 Å². The number of hydrogen-bond acceptors (Lipinski definition) is 3. The molecule has 0 aliphatic carbocycles. The Morgan fingerprint density at radius 1 is 1.15 bits per heavy atom. The second-order valence-corrected chi connectivity index (χ2v) is 5.08. The van der Waals surface area contributed by atoms with E-state index in [2.05, 4.69) is 0 Å². The highest BCUT2D eigenvalue weighted by atomic mass is 35.5. The fourth-order valence-electron chi connectivity index (χ4n) is 1.40. The Labute approximate surface area is 119 Å². The van der Waals surface area contributed by atoms with Crippen LogP contribution in [0.5, 0.6) is 0 Å². The van der Waals surface area contributed by atoms with Gasteiger partial charge in [0.25, 0.3) is 5.91 Å². The smallest absolute Gasteiger partial charge is 0.266 e. The second-order valence-electron chi connectivity index (χ2n) is 3.65. The Hall–Kier alpha value is -1.80. The van der Waals surface area contributed by atoms with Crippen LogP contribution in [-0.2, 0) is 4.79 Å². The molecule has 20 heavy (non-hydrogen) atoms. The van der Waals surface area contributed by atoms with Crippen LogP contribution in [0.3, 0.4) is 0 Å². The van der Waals surface area contributed by atoms with Crippen LogP contribution < -0.4 is 10.9 Å². The highest BCUT2D eigenvalue weighted by Gasteiger charge is 2.39. The van der Waals surface area contributed by atoms with Crippen molar-refractivity contribution in [1.82, 2.24) is 10.9 Å². The average molecular weight is 323 g/mol. The summed E-state index contributed by atoms with van der Waals surface area (Å²) in [6.07, 6.45) is -5.07. The summed E-state index contributed by atoms with van der Waals surface area (Å²) in [7, 11) is 0. The minimum atomic E-state index is -5.07. The molecule has 0 bridgehead atoms. The van der Waals surface area contributed by atoms with Crippen LogP contribution in [0.15, 0.2) is 24.3 Å². The maximum absolute atomic E-state index is 12.0. The molecule has 1 heterocycles. The largest absolute Gasteiger partial charge is 0.472 e. The second kappa shape index (κ2) is 5.29. The molecule has 9 heteroatoms. The fraction of sp³-hybridized carbons (Fsp3) is 0.0909. The Bertz CT molecular complexity index is 684. The lowest BCUT2D eigenvalue weighted by Crippen LogP contribution is -2.47. The maximum Gasteiger partial charge on any atom is 0.472 e. The van der Waals surface area contributed by atoms with Crippen molar-refractivity contribution in [3.63, 3.8) is 0 Å². The van der Waals surface area contributed by atoms with E-state index in [-0.39, 0.29) is 9.90 Å². The number of hydrogen-bond donors (Lipinski definition) is 2. The van der Waals surface area contributed by atoms with Crippen LogP contribution in [0.2, 0.25) is 5.02 Å². The molecule has 4 nitrogen and oxygen atoms in total. The van der Waals surface area contributed by atoms with Crippen LogP contribution in [0, 0.1) is 0 Å². The van der Waals surface area contributed by atoms with E-state index >= 15 is 0 Å². The van der Waals surface area contributed by atoms with Gasteiger partial charge in [0.05, 0.1) is 5.02 Å². The molecule has 0 unspecified atom stereocenters. The van der Waals surface area contributed by atoms with E-state index in [1.807, 2.05) is 0 Å². The lowest BCUT2D eigenvalue weighted by molar-refractivity contribution is -0.174. The van der Waals surface area contributed by atoms with Crippen molar-refractivity contribution in [2.45, 2.75) is 6.18 Å². The van der Waals surface area contributed by atoms with Gasteiger partial charge in [-0.2, -0.15) is 13.2 Å². The average Bonchev–Trinajstić information content (AvgIpc) is 2.72. The number of amides is 2. The van der Waals surface area contributed by atoms with E-state index in [1.54, 1.807) is 29.7 Å². The van der Waals surface area contributed by atoms with Gasteiger partial charge in [-0.25, -0.2) is 0 Å². The third kappa shape index (κ3) is 2.86. The molecular weight excluding hydrogens is 317 g/mol. The lowest BCUT2D eigenvalue weighted by Gasteiger charge is -2.08. The summed E-state index contributed by atoms with van der Waals surface area (Å²) >= 11 is 6.99. The van der Waals surface area contributed by atoms with E-state index < -0.39 is 18.0 Å². The normalized spacial score (nSPS) is 11.4. The van der Waals surface area contributed by atoms with Gasteiger partial charge in [-0.05, 0) is 6.07 Å². The molecule has 0 aliphatic rings. The van der Waals surface area contributed by atoms with Crippen molar-refractivity contribution in [3.05, 3.63) is 34.2 Å². The quantitative estimate of drug-likeness (QED) is 0.793. The molecule has 2 amide bonds. The molecule has 0 atom stereocenters. The van der Waals surface area contributed by atoms with Gasteiger partial charge in [-0.1, -0.05) is 29.8 Å². The third-order valence-electron chi connectivity index (χ3n) is 2.29. The minimum Gasteiger partial charge on any atom is -0.266 e. The number of benzene rings is 1. The fourth-order valence-corrected chi connectivity index (χ4v) is 2.81. The van der Waals surface area contributed by atoms with Crippen molar-refractivity contribution >= 4 is 44.8 Å². The molecule has 2 aromatic rings. The van der Waals surface area contributed by atoms with E-state index in [1.165, 1.54) is 5.43 Å². The monoisotopic (exact) mass is 322 g/mol. The van der Waals surface area contributed by atoms with Crippen molar-refractivity contribution < 1.29 is 22.8 Å². The number of fused-ring (bicyclic) bond motifs is 1. The molecule has 2 rings (SSSR count). The van der Waals surface area contributed by atoms with Crippen LogP contribution >= 0.6 is 22.9 Å². The predicted octanol–water partition coefficient (Wildman–Crippen LogP) is 2.88. The first-order valence-corrected chi connectivity index (χ1v) is 6.34. The molecule has 0 radical (unpaired) electrons. The number of carbonyl (C=O) groups excluding carboxylic acids is 2. The number of thiophene rings is 1. The summed E-state index contributed by atoms with van der Waals surface area (Å²) in [6.45, 7) is 0. The van der Waals surface area contributed by atoms with Gasteiger partial charge in [0.2, 0.25) is 0 Å². The zero-order valence-electron chi connectivity index (χ0n) is 9.55. The summed E-state index contributed by atoms with van der Waals surface area (Å²) in [6, 6.07) is 6.85. The Balaban J connectivity index is 2.16. The molecule has 106 valence electrons. The molecule has 0 aliphatic heterocycles. The standard InChI is InChI=1S/C11H6ClF3N2O2S/c12-7-5-3-1-2-4-6(5)20-8(7)9(18)16-17-10(19)11(13,14)15/h1-4H,(H,16,18)(H,17,19). The number of halogens is 4. The highest BCUT2D eigenvalue weighted by molar-refractivity contribution is 7.21. The van der Waals surface area contributed by atoms with Crippen LogP contribution in [-0.4, -0.2) is 18.0 Å². The van der Waals surface area contributed by atoms with E-state index in [0.717, 1.165) is 11.3 Å². The Morgan fingerprint density at radius 3 is 2.40 bits per heavy atom. The van der Waals surface area contributed by atoms with Gasteiger partial charge >= 0.3 is 12.1 Å². The molecule has 1 aromatic heterocycles. The van der Waals surface area contributed by atoms with Crippen molar-refractivity contribution in [2.75, 3.05) is 0 Å². The van der Waals surface area contributed by atoms with Crippen molar-refractivity contribution in [2.24, 2.45) is 0 Å². The number of alkyl halides is 3. The van der Waals surface area contributed by atoms with Crippen LogP contribution in [0.4, 0.5) is 13.2 Å². The van der Waals surface area contributed by atoms with Crippen molar-refractivity contribution in [3.8, 4) is 0 Å². The molecule has 0 saturated carbocycles. The van der Waals surface area contributed by atoms with Gasteiger partial charge in [0, 0.05) is 10.1 Å². The Morgan fingerprint density at radius 2 is 1.80 bits per heavy atom. The Kier molecular flexibility index (Phi) is 3.87. The number of hydrazine groups is 1. The maximum atomic E-state index is 12.0. The first-order valence-electron chi connectivity index (χ1n) is 5.15. The summed E-state index contributed by atoms with van der Waals surface area (Å²) in [5.41, 5.74) is 2.95. The third-order valence-corrected chi connectivity index (χ3v) is 3.96. The zero-order chi connectivity index (χ0) is 14.9. The van der Waals surface area contributed by atoms with Crippen molar-refractivity contribution in [1.29, 1.82) is 0 Å². The molecule has 1 aromatic carbocycles. The van der Waals surface area contributed by atoms with E-state index in [0.29, 0.717) is 10.1 Å². The first kappa shape index (κ1) is 14.6. The SMILES string of the molecule is O=C(NNC(=O)C(F)(F)F)c1sc2ccccc2c1Cl. The van der Waals surface area contributed by atoms with Gasteiger partial charge in [0.1, 0.15) is 4.88 Å². The van der Waals surface area contributed by atoms with E-state index in [9.17, 15) is 22.8 Å². The van der Waals surface area contributed by atoms with Gasteiger partial charge in [-0.15, -0.1) is 11.3 Å². The number of carbonyl (C=O) groups is 2. The lowest BCUT2D eigenvalue weighted by atomic mass is 10.2. The predicted molar refractivity (Wildman–Crippen MR) is 68.5 cm³/mol. The molecule has 2 N–H and O–H groups in total. The molecular formula is C11H6ClF3N2O2S. The molecule has 0 saturated heterocycles. The van der Waals surface area contributed by atoms with Gasteiger partial charge in [0.15, 0.2) is 0 Å². The molecule has 0 fully saturated rings. The van der Waals surface area contributed by atoms with E-state index in [4.69, 9.17) is 11.6 Å². The number of nitrogens with one attached hydrogen (secondary N) is 2. The van der Waals surface area contributed by atoms with Crippen LogP contribution in [0.1, 0.15) is 9.67 Å². The summed E-state index contributed by atoms with van der Waals surface area (Å²) in [5, 5.41) is 0.746. The topological polar surface area (TPSA) is 58.2 Å². The summed E-state index contributed by atoms with van der Waals surface area (Å²) < 4.78 is 36.6. The summed E-state index contributed by atoms with van der Waals surface area (Å²) in [5.74, 6) is -3.17.